The Morgan fingerprint density at radius 2 is 1.84 bits per heavy atom. The lowest BCUT2D eigenvalue weighted by molar-refractivity contribution is 0.719. The summed E-state index contributed by atoms with van der Waals surface area (Å²) in [6, 6.07) is 14.4. The normalized spacial score (nSPS) is 12.9. The molecule has 0 aliphatic rings. The van der Waals surface area contributed by atoms with Crippen LogP contribution in [0.2, 0.25) is 0 Å². The summed E-state index contributed by atoms with van der Waals surface area (Å²) in [7, 11) is 1.83. The number of rotatable bonds is 6. The Morgan fingerprint density at radius 3 is 2.40 bits per heavy atom. The molecule has 0 saturated carbocycles. The summed E-state index contributed by atoms with van der Waals surface area (Å²) in [6.45, 7) is 10.1. The van der Waals surface area contributed by atoms with E-state index in [1.807, 2.05) is 44.4 Å². The van der Waals surface area contributed by atoms with E-state index >= 15 is 0 Å². The van der Waals surface area contributed by atoms with E-state index in [-0.39, 0.29) is 5.41 Å². The van der Waals surface area contributed by atoms with Gasteiger partial charge in [0, 0.05) is 30.6 Å². The van der Waals surface area contributed by atoms with Crippen LogP contribution in [0.5, 0.6) is 0 Å². The summed E-state index contributed by atoms with van der Waals surface area (Å²) in [5, 5.41) is 0. The van der Waals surface area contributed by atoms with Gasteiger partial charge in [0.15, 0.2) is 0 Å². The van der Waals surface area contributed by atoms with Crippen LogP contribution >= 0.6 is 0 Å². The molecule has 1 aromatic carbocycles. The van der Waals surface area contributed by atoms with Crippen molar-refractivity contribution in [1.82, 2.24) is 4.98 Å². The fourth-order valence-electron chi connectivity index (χ4n) is 2.64. The lowest BCUT2D eigenvalue weighted by atomic mass is 9.79. The van der Waals surface area contributed by atoms with Gasteiger partial charge in [0.2, 0.25) is 0 Å². The predicted octanol–water partition coefficient (Wildman–Crippen LogP) is 5.20. The SMILES string of the molecule is C=C(/N=C\C)c1ccc(/C=C/C(=N\C)C(C)(C)c2ccccc2)cn1. The summed E-state index contributed by atoms with van der Waals surface area (Å²) in [5.41, 5.74) is 4.56. The summed E-state index contributed by atoms with van der Waals surface area (Å²) in [5.74, 6) is 0. The number of allylic oxidation sites excluding steroid dienone is 1. The molecule has 0 saturated heterocycles. The van der Waals surface area contributed by atoms with Gasteiger partial charge in [-0.1, -0.05) is 62.9 Å². The lowest BCUT2D eigenvalue weighted by Gasteiger charge is -2.25. The first-order valence-electron chi connectivity index (χ1n) is 8.34. The van der Waals surface area contributed by atoms with E-state index in [0.717, 1.165) is 17.0 Å². The van der Waals surface area contributed by atoms with Crippen LogP contribution in [0.3, 0.4) is 0 Å². The van der Waals surface area contributed by atoms with Crippen LogP contribution in [0.15, 0.2) is 71.3 Å². The van der Waals surface area contributed by atoms with Crippen LogP contribution in [0.25, 0.3) is 11.8 Å². The van der Waals surface area contributed by atoms with Gasteiger partial charge in [0.1, 0.15) is 0 Å². The monoisotopic (exact) mass is 331 g/mol. The molecule has 0 spiro atoms. The smallest absolute Gasteiger partial charge is 0.0880 e. The van der Waals surface area contributed by atoms with E-state index < -0.39 is 0 Å². The van der Waals surface area contributed by atoms with Gasteiger partial charge < -0.3 is 0 Å². The minimum absolute atomic E-state index is 0.163. The summed E-state index contributed by atoms with van der Waals surface area (Å²) in [4.78, 5) is 13.1. The fraction of sp³-hybridized carbons (Fsp3) is 0.227. The largest absolute Gasteiger partial charge is 0.292 e. The minimum atomic E-state index is -0.163. The second kappa shape index (κ2) is 8.34. The molecule has 3 nitrogen and oxygen atoms in total. The van der Waals surface area contributed by atoms with Gasteiger partial charge in [-0.05, 0) is 30.2 Å². The van der Waals surface area contributed by atoms with E-state index in [1.165, 1.54) is 5.56 Å². The molecule has 0 atom stereocenters. The van der Waals surface area contributed by atoms with Crippen LogP contribution in [0, 0.1) is 0 Å². The average Bonchev–Trinajstić information content (AvgIpc) is 2.63. The summed E-state index contributed by atoms with van der Waals surface area (Å²) >= 11 is 0. The van der Waals surface area contributed by atoms with Crippen molar-refractivity contribution in [2.24, 2.45) is 9.98 Å². The van der Waals surface area contributed by atoms with Crippen LogP contribution in [-0.4, -0.2) is 24.0 Å². The minimum Gasteiger partial charge on any atom is -0.292 e. The van der Waals surface area contributed by atoms with Crippen LogP contribution in [-0.2, 0) is 5.41 Å². The Labute approximate surface area is 150 Å². The maximum absolute atomic E-state index is 4.50. The van der Waals surface area contributed by atoms with Crippen LogP contribution < -0.4 is 0 Å². The van der Waals surface area contributed by atoms with E-state index in [9.17, 15) is 0 Å². The Balaban J connectivity index is 2.20. The van der Waals surface area contributed by atoms with Crippen molar-refractivity contribution in [3.63, 3.8) is 0 Å². The molecule has 128 valence electrons. The molecule has 1 heterocycles. The quantitative estimate of drug-likeness (QED) is 0.670. The molecule has 0 radical (unpaired) electrons. The zero-order valence-corrected chi connectivity index (χ0v) is 15.4. The zero-order chi connectivity index (χ0) is 18.3. The average molecular weight is 331 g/mol. The van der Waals surface area contributed by atoms with Crippen molar-refractivity contribution in [2.75, 3.05) is 7.05 Å². The highest BCUT2D eigenvalue weighted by molar-refractivity contribution is 6.05. The highest BCUT2D eigenvalue weighted by Crippen LogP contribution is 2.26. The number of aliphatic imine (C=N–C) groups is 2. The van der Waals surface area contributed by atoms with Gasteiger partial charge in [0.05, 0.1) is 11.4 Å². The van der Waals surface area contributed by atoms with Gasteiger partial charge in [-0.25, -0.2) is 0 Å². The molecule has 0 aliphatic heterocycles. The predicted molar refractivity (Wildman–Crippen MR) is 109 cm³/mol. The third-order valence-electron chi connectivity index (χ3n) is 4.18. The third-order valence-corrected chi connectivity index (χ3v) is 4.18. The first kappa shape index (κ1) is 18.5. The van der Waals surface area contributed by atoms with E-state index in [0.29, 0.717) is 5.70 Å². The van der Waals surface area contributed by atoms with Gasteiger partial charge >= 0.3 is 0 Å². The van der Waals surface area contributed by atoms with Crippen LogP contribution in [0.4, 0.5) is 0 Å². The Bertz CT molecular complexity index is 795. The van der Waals surface area contributed by atoms with Crippen molar-refractivity contribution in [3.05, 3.63) is 78.1 Å². The van der Waals surface area contributed by atoms with Crippen LogP contribution in [0.1, 0.15) is 37.6 Å². The second-order valence-electron chi connectivity index (χ2n) is 6.24. The second-order valence-corrected chi connectivity index (χ2v) is 6.24. The Kier molecular flexibility index (Phi) is 6.18. The molecule has 0 unspecified atom stereocenters. The highest BCUT2D eigenvalue weighted by Gasteiger charge is 2.24. The number of aromatic nitrogens is 1. The zero-order valence-electron chi connectivity index (χ0n) is 15.4. The maximum Gasteiger partial charge on any atom is 0.0880 e. The number of nitrogens with zero attached hydrogens (tertiary/aromatic N) is 3. The molecule has 0 N–H and O–H groups in total. The van der Waals surface area contributed by atoms with Crippen molar-refractivity contribution in [2.45, 2.75) is 26.2 Å². The third kappa shape index (κ3) is 4.60. The van der Waals surface area contributed by atoms with Gasteiger partial charge in [0.25, 0.3) is 0 Å². The Morgan fingerprint density at radius 1 is 1.12 bits per heavy atom. The van der Waals surface area contributed by atoms with E-state index in [1.54, 1.807) is 6.21 Å². The summed E-state index contributed by atoms with van der Waals surface area (Å²) < 4.78 is 0. The first-order valence-corrected chi connectivity index (χ1v) is 8.34. The Hall–Kier alpha value is -2.81. The van der Waals surface area contributed by atoms with Crippen molar-refractivity contribution in [1.29, 1.82) is 0 Å². The van der Waals surface area contributed by atoms with E-state index in [2.05, 4.69) is 65.7 Å². The molecule has 2 rings (SSSR count). The van der Waals surface area contributed by atoms with Crippen molar-refractivity contribution < 1.29 is 0 Å². The van der Waals surface area contributed by atoms with Gasteiger partial charge in [-0.3, -0.25) is 15.0 Å². The fourth-order valence-corrected chi connectivity index (χ4v) is 2.64. The first-order chi connectivity index (χ1) is 12.0. The molecular formula is C22H25N3. The maximum atomic E-state index is 4.50. The molecular weight excluding hydrogens is 306 g/mol. The molecule has 2 aromatic rings. The number of pyridine rings is 1. The lowest BCUT2D eigenvalue weighted by Crippen LogP contribution is -2.27. The van der Waals surface area contributed by atoms with Crippen molar-refractivity contribution >= 4 is 23.7 Å². The molecule has 3 heteroatoms. The van der Waals surface area contributed by atoms with E-state index in [4.69, 9.17) is 0 Å². The number of benzene rings is 1. The van der Waals surface area contributed by atoms with Gasteiger partial charge in [-0.2, -0.15) is 0 Å². The summed E-state index contributed by atoms with van der Waals surface area (Å²) in [6.07, 6.45) is 7.64. The molecule has 25 heavy (non-hydrogen) atoms. The molecule has 0 amide bonds. The van der Waals surface area contributed by atoms with Crippen molar-refractivity contribution in [3.8, 4) is 0 Å². The number of hydrogen-bond acceptors (Lipinski definition) is 3. The topological polar surface area (TPSA) is 37.6 Å². The molecule has 0 fully saturated rings. The number of hydrogen-bond donors (Lipinski definition) is 0. The molecule has 0 bridgehead atoms. The van der Waals surface area contributed by atoms with Gasteiger partial charge in [-0.15, -0.1) is 0 Å². The highest BCUT2D eigenvalue weighted by atomic mass is 14.8. The molecule has 1 aromatic heterocycles. The standard InChI is InChI=1S/C22H25N3/c1-6-24-17(2)20-14-12-18(16-25-20)13-15-21(23-5)22(3,4)19-10-8-7-9-11-19/h6-16H,2H2,1,3-5H3/b15-13+,23-21+,24-6-. The molecule has 0 aliphatic carbocycles.